The van der Waals surface area contributed by atoms with Crippen molar-refractivity contribution >= 4 is 12.6 Å². The molecule has 1 aliphatic heterocycles. The van der Waals surface area contributed by atoms with Crippen molar-refractivity contribution in [2.75, 3.05) is 0 Å². The van der Waals surface area contributed by atoms with Gasteiger partial charge in [0, 0.05) is 0 Å². The minimum Gasteiger partial charge on any atom is -0.399 e. The molecule has 1 aliphatic carbocycles. The van der Waals surface area contributed by atoms with E-state index in [1.54, 1.807) is 0 Å². The molecule has 4 rings (SSSR count). The largest absolute Gasteiger partial charge is 0.494 e. The Labute approximate surface area is 164 Å². The molecule has 3 heteroatoms. The van der Waals surface area contributed by atoms with E-state index in [-0.39, 0.29) is 29.2 Å². The van der Waals surface area contributed by atoms with Crippen molar-refractivity contribution in [2.24, 2.45) is 0 Å². The molecule has 1 heterocycles. The summed E-state index contributed by atoms with van der Waals surface area (Å²) in [6, 6.07) is 15.6. The van der Waals surface area contributed by atoms with Crippen molar-refractivity contribution in [3.05, 3.63) is 53.6 Å². The Bertz CT molecular complexity index is 892. The van der Waals surface area contributed by atoms with Gasteiger partial charge in [-0.25, -0.2) is 0 Å². The second-order valence-electron chi connectivity index (χ2n) is 10.2. The van der Waals surface area contributed by atoms with E-state index in [1.807, 2.05) is 0 Å². The summed E-state index contributed by atoms with van der Waals surface area (Å²) in [5.74, 6) is 0. The highest BCUT2D eigenvalue weighted by atomic mass is 16.7. The lowest BCUT2D eigenvalue weighted by Crippen LogP contribution is -2.45. The van der Waals surface area contributed by atoms with E-state index in [1.165, 1.54) is 22.3 Å². The van der Waals surface area contributed by atoms with Crippen molar-refractivity contribution in [1.29, 1.82) is 0 Å². The summed E-state index contributed by atoms with van der Waals surface area (Å²) in [4.78, 5) is 0. The first-order chi connectivity index (χ1) is 12.4. The summed E-state index contributed by atoms with van der Waals surface area (Å²) in [6.07, 6.45) is 0. The summed E-state index contributed by atoms with van der Waals surface area (Å²) < 4.78 is 12.6. The minimum atomic E-state index is -0.324. The Kier molecular flexibility index (Phi) is 3.81. The highest BCUT2D eigenvalue weighted by molar-refractivity contribution is 6.62. The van der Waals surface area contributed by atoms with Crippen LogP contribution in [0.2, 0.25) is 0 Å². The molecular weight excluding hydrogens is 331 g/mol. The van der Waals surface area contributed by atoms with Crippen LogP contribution in [0.25, 0.3) is 11.1 Å². The molecule has 0 spiro atoms. The molecule has 0 amide bonds. The Hall–Kier alpha value is -1.58. The molecule has 0 radical (unpaired) electrons. The second kappa shape index (κ2) is 5.49. The zero-order valence-electron chi connectivity index (χ0n) is 17.9. The van der Waals surface area contributed by atoms with Gasteiger partial charge in [-0.05, 0) is 66.2 Å². The smallest absolute Gasteiger partial charge is 0.399 e. The van der Waals surface area contributed by atoms with Gasteiger partial charge in [0.1, 0.15) is 0 Å². The Morgan fingerprint density at radius 2 is 1.15 bits per heavy atom. The predicted molar refractivity (Wildman–Crippen MR) is 114 cm³/mol. The first-order valence-electron chi connectivity index (χ1n) is 9.98. The Morgan fingerprint density at radius 3 is 1.78 bits per heavy atom. The molecule has 0 N–H and O–H groups in total. The number of benzene rings is 2. The third kappa shape index (κ3) is 2.48. The van der Waals surface area contributed by atoms with E-state index in [9.17, 15) is 0 Å². The summed E-state index contributed by atoms with van der Waals surface area (Å²) in [7, 11) is -0.323. The van der Waals surface area contributed by atoms with E-state index < -0.39 is 0 Å². The predicted octanol–water partition coefficient (Wildman–Crippen LogP) is 5.22. The summed E-state index contributed by atoms with van der Waals surface area (Å²) >= 11 is 0. The average Bonchev–Trinajstić information content (AvgIpc) is 2.81. The maximum absolute atomic E-state index is 6.31. The highest BCUT2D eigenvalue weighted by Crippen LogP contribution is 2.53. The molecule has 2 aliphatic rings. The standard InChI is InChI=1S/C24H31BO2/c1-21(2)19-12-10-9-11-17(19)18-14-13-16(15-20(18)22(21,3)4)25-26-23(5,6)24(7,8)27-25/h9-15H,1-8H3. The van der Waals surface area contributed by atoms with E-state index in [2.05, 4.69) is 97.9 Å². The van der Waals surface area contributed by atoms with Crippen LogP contribution in [0.3, 0.4) is 0 Å². The number of fused-ring (bicyclic) bond motifs is 3. The van der Waals surface area contributed by atoms with Gasteiger partial charge >= 0.3 is 7.12 Å². The van der Waals surface area contributed by atoms with Gasteiger partial charge in [0.15, 0.2) is 0 Å². The van der Waals surface area contributed by atoms with E-state index in [0.29, 0.717) is 0 Å². The van der Waals surface area contributed by atoms with Gasteiger partial charge in [-0.1, -0.05) is 70.2 Å². The van der Waals surface area contributed by atoms with E-state index >= 15 is 0 Å². The van der Waals surface area contributed by atoms with Crippen LogP contribution in [0.15, 0.2) is 42.5 Å². The van der Waals surface area contributed by atoms with E-state index in [0.717, 1.165) is 5.46 Å². The molecule has 0 saturated carbocycles. The molecule has 0 atom stereocenters. The fourth-order valence-corrected chi connectivity index (χ4v) is 4.38. The molecule has 1 fully saturated rings. The van der Waals surface area contributed by atoms with Gasteiger partial charge in [-0.2, -0.15) is 0 Å². The zero-order chi connectivity index (χ0) is 19.8. The molecule has 2 nitrogen and oxygen atoms in total. The third-order valence-corrected chi connectivity index (χ3v) is 7.70. The molecule has 0 aromatic heterocycles. The number of hydrogen-bond donors (Lipinski definition) is 0. The van der Waals surface area contributed by atoms with Crippen LogP contribution in [-0.2, 0) is 20.1 Å². The summed E-state index contributed by atoms with van der Waals surface area (Å²) in [5, 5.41) is 0. The Balaban J connectivity index is 1.86. The van der Waals surface area contributed by atoms with Crippen LogP contribution >= 0.6 is 0 Å². The number of rotatable bonds is 1. The van der Waals surface area contributed by atoms with Gasteiger partial charge in [-0.3, -0.25) is 0 Å². The molecular formula is C24H31BO2. The minimum absolute atomic E-state index is 0.00363. The lowest BCUT2D eigenvalue weighted by molar-refractivity contribution is 0.00578. The van der Waals surface area contributed by atoms with Gasteiger partial charge in [0.2, 0.25) is 0 Å². The fourth-order valence-electron chi connectivity index (χ4n) is 4.38. The van der Waals surface area contributed by atoms with Gasteiger partial charge in [0.05, 0.1) is 11.2 Å². The van der Waals surface area contributed by atoms with Gasteiger partial charge < -0.3 is 9.31 Å². The van der Waals surface area contributed by atoms with Crippen molar-refractivity contribution < 1.29 is 9.31 Å². The fraction of sp³-hybridized carbons (Fsp3) is 0.500. The summed E-state index contributed by atoms with van der Waals surface area (Å²) in [5.41, 5.74) is 5.96. The zero-order valence-corrected chi connectivity index (χ0v) is 17.9. The molecule has 2 aromatic rings. The second-order valence-corrected chi connectivity index (χ2v) is 10.2. The first kappa shape index (κ1) is 18.8. The topological polar surface area (TPSA) is 18.5 Å². The SMILES string of the molecule is CC1(C)OB(c2ccc3c(c2)C(C)(C)C(C)(C)c2ccccc2-3)OC1(C)C. The maximum atomic E-state index is 6.31. The lowest BCUT2D eigenvalue weighted by Gasteiger charge is -2.48. The average molecular weight is 362 g/mol. The molecule has 0 unspecified atom stereocenters. The third-order valence-electron chi connectivity index (χ3n) is 7.70. The van der Waals surface area contributed by atoms with Crippen molar-refractivity contribution in [3.63, 3.8) is 0 Å². The van der Waals surface area contributed by atoms with Crippen LogP contribution < -0.4 is 5.46 Å². The lowest BCUT2D eigenvalue weighted by atomic mass is 9.55. The maximum Gasteiger partial charge on any atom is 0.494 e. The molecule has 142 valence electrons. The normalized spacial score (nSPS) is 23.6. The van der Waals surface area contributed by atoms with Crippen LogP contribution in [0, 0.1) is 0 Å². The van der Waals surface area contributed by atoms with Crippen molar-refractivity contribution in [1.82, 2.24) is 0 Å². The highest BCUT2D eigenvalue weighted by Gasteiger charge is 2.52. The molecule has 2 aromatic carbocycles. The molecule has 27 heavy (non-hydrogen) atoms. The van der Waals surface area contributed by atoms with Gasteiger partial charge in [-0.15, -0.1) is 0 Å². The first-order valence-corrected chi connectivity index (χ1v) is 9.98. The van der Waals surface area contributed by atoms with E-state index in [4.69, 9.17) is 9.31 Å². The molecule has 1 saturated heterocycles. The van der Waals surface area contributed by atoms with Crippen molar-refractivity contribution in [3.8, 4) is 11.1 Å². The monoisotopic (exact) mass is 362 g/mol. The van der Waals surface area contributed by atoms with Crippen molar-refractivity contribution in [2.45, 2.75) is 77.4 Å². The summed E-state index contributed by atoms with van der Waals surface area (Å²) in [6.45, 7) is 17.9. The van der Waals surface area contributed by atoms with Crippen LogP contribution in [0.1, 0.15) is 66.5 Å². The Morgan fingerprint density at radius 1 is 0.630 bits per heavy atom. The van der Waals surface area contributed by atoms with Crippen LogP contribution in [0.5, 0.6) is 0 Å². The van der Waals surface area contributed by atoms with Gasteiger partial charge in [0.25, 0.3) is 0 Å². The quantitative estimate of drug-likeness (QED) is 0.648. The molecule has 0 bridgehead atoms. The van der Waals surface area contributed by atoms with Crippen LogP contribution in [-0.4, -0.2) is 18.3 Å². The number of hydrogen-bond acceptors (Lipinski definition) is 2. The van der Waals surface area contributed by atoms with Crippen LogP contribution in [0.4, 0.5) is 0 Å².